The second kappa shape index (κ2) is 7.60. The van der Waals surface area contributed by atoms with Crippen LogP contribution in [0, 0.1) is 0 Å². The first kappa shape index (κ1) is 19.4. The molecular weight excluding hydrogens is 434 g/mol. The number of carbonyl (C=O) groups is 1. The Kier molecular flexibility index (Phi) is 4.76. The molecule has 2 aromatic carbocycles. The summed E-state index contributed by atoms with van der Waals surface area (Å²) < 4.78 is 4.56. The van der Waals surface area contributed by atoms with Crippen LogP contribution in [-0.4, -0.2) is 26.6 Å². The molecule has 5 rings (SSSR count). The molecule has 7 nitrogen and oxygen atoms in total. The van der Waals surface area contributed by atoms with Crippen molar-refractivity contribution in [1.82, 2.24) is 9.29 Å². The average Bonchev–Trinajstić information content (AvgIpc) is 3.21. The van der Waals surface area contributed by atoms with Crippen LogP contribution in [0.5, 0.6) is 5.75 Å². The molecule has 0 amide bonds. The van der Waals surface area contributed by atoms with Gasteiger partial charge in [-0.25, -0.2) is 9.79 Å². The van der Waals surface area contributed by atoms with Crippen LogP contribution in [0.4, 0.5) is 5.00 Å². The summed E-state index contributed by atoms with van der Waals surface area (Å²) in [6, 6.07) is 16.8. The maximum absolute atomic E-state index is 13.5. The van der Waals surface area contributed by atoms with Crippen molar-refractivity contribution < 1.29 is 15.0 Å². The molecule has 154 valence electrons. The van der Waals surface area contributed by atoms with Crippen molar-refractivity contribution in [3.63, 3.8) is 0 Å². The van der Waals surface area contributed by atoms with E-state index in [0.29, 0.717) is 27.3 Å². The van der Waals surface area contributed by atoms with Gasteiger partial charge in [-0.1, -0.05) is 42.5 Å². The van der Waals surface area contributed by atoms with Crippen molar-refractivity contribution in [2.75, 3.05) is 0 Å². The van der Waals surface area contributed by atoms with Crippen molar-refractivity contribution in [3.05, 3.63) is 87.0 Å². The molecule has 0 spiro atoms. The Labute approximate surface area is 184 Å². The van der Waals surface area contributed by atoms with Crippen LogP contribution in [0.2, 0.25) is 0 Å². The van der Waals surface area contributed by atoms with E-state index in [-0.39, 0.29) is 28.3 Å². The second-order valence-corrected chi connectivity index (χ2v) is 8.55. The molecule has 0 aliphatic carbocycles. The molecule has 1 aliphatic heterocycles. The first-order chi connectivity index (χ1) is 15.0. The number of nitrogens with zero attached hydrogens (tertiary/aromatic N) is 2. The Morgan fingerprint density at radius 3 is 2.61 bits per heavy atom. The summed E-state index contributed by atoms with van der Waals surface area (Å²) >= 11 is 2.26. The number of carboxylic acids is 1. The van der Waals surface area contributed by atoms with E-state index >= 15 is 0 Å². The highest BCUT2D eigenvalue weighted by Gasteiger charge is 2.27. The standard InChI is InChI=1S/C22H15N3O4S2/c26-17-13-8-4-5-9-15(13)25(10-12-6-2-1-3-7-12)21(27)16(17)19-23-20-18(31-24-19)14(11-30-20)22(28)29/h1-9,11,26H,10H2,(H,23,24)(H,28,29). The molecule has 2 aromatic heterocycles. The average molecular weight is 450 g/mol. The van der Waals surface area contributed by atoms with Crippen molar-refractivity contribution in [1.29, 1.82) is 0 Å². The number of nitrogens with one attached hydrogen (secondary N) is 1. The fourth-order valence-corrected chi connectivity index (χ4v) is 5.41. The van der Waals surface area contributed by atoms with Gasteiger partial charge in [0.1, 0.15) is 16.3 Å². The zero-order valence-electron chi connectivity index (χ0n) is 15.9. The Bertz CT molecular complexity index is 1420. The van der Waals surface area contributed by atoms with Crippen molar-refractivity contribution in [3.8, 4) is 5.75 Å². The highest BCUT2D eigenvalue weighted by molar-refractivity contribution is 7.98. The molecule has 0 saturated carbocycles. The zero-order chi connectivity index (χ0) is 21.5. The maximum Gasteiger partial charge on any atom is 0.337 e. The van der Waals surface area contributed by atoms with Gasteiger partial charge < -0.3 is 19.5 Å². The number of hydrogen-bond donors (Lipinski definition) is 3. The SMILES string of the molecule is O=C(O)c1csc2c1SNC(c1c(O)c3ccccc3n(Cc3ccccc3)c1=O)=N2. The summed E-state index contributed by atoms with van der Waals surface area (Å²) in [5, 5.41) is 22.8. The lowest BCUT2D eigenvalue weighted by Crippen LogP contribution is -2.32. The molecule has 31 heavy (non-hydrogen) atoms. The van der Waals surface area contributed by atoms with E-state index in [9.17, 15) is 19.8 Å². The number of para-hydroxylation sites is 1. The van der Waals surface area contributed by atoms with Crippen LogP contribution in [0.1, 0.15) is 21.5 Å². The first-order valence-electron chi connectivity index (χ1n) is 9.29. The smallest absolute Gasteiger partial charge is 0.337 e. The number of aromatic hydroxyl groups is 1. The third-order valence-electron chi connectivity index (χ3n) is 4.99. The number of thiophene rings is 1. The summed E-state index contributed by atoms with van der Waals surface area (Å²) in [6.45, 7) is 0.335. The molecule has 1 aliphatic rings. The lowest BCUT2D eigenvalue weighted by atomic mass is 10.1. The highest BCUT2D eigenvalue weighted by atomic mass is 32.2. The number of fused-ring (bicyclic) bond motifs is 2. The number of benzene rings is 2. The Morgan fingerprint density at radius 1 is 1.10 bits per heavy atom. The van der Waals surface area contributed by atoms with E-state index in [1.807, 2.05) is 36.4 Å². The third kappa shape index (κ3) is 3.28. The van der Waals surface area contributed by atoms with Crippen LogP contribution >= 0.6 is 23.3 Å². The molecule has 0 radical (unpaired) electrons. The lowest BCUT2D eigenvalue weighted by molar-refractivity contribution is 0.0694. The summed E-state index contributed by atoms with van der Waals surface area (Å²) in [5.41, 5.74) is 1.39. The van der Waals surface area contributed by atoms with Gasteiger partial charge in [0.2, 0.25) is 0 Å². The summed E-state index contributed by atoms with van der Waals surface area (Å²) in [7, 11) is 0. The number of rotatable bonds is 4. The molecule has 9 heteroatoms. The van der Waals surface area contributed by atoms with Crippen molar-refractivity contribution in [2.45, 2.75) is 11.4 Å². The Balaban J connectivity index is 1.72. The lowest BCUT2D eigenvalue weighted by Gasteiger charge is -2.19. The molecule has 0 saturated heterocycles. The van der Waals surface area contributed by atoms with Gasteiger partial charge >= 0.3 is 5.97 Å². The quantitative estimate of drug-likeness (QED) is 0.404. The van der Waals surface area contributed by atoms with Crippen LogP contribution in [0.15, 0.2) is 74.7 Å². The second-order valence-electron chi connectivity index (χ2n) is 6.87. The molecule has 0 unspecified atom stereocenters. The summed E-state index contributed by atoms with van der Waals surface area (Å²) in [6.07, 6.45) is 0. The van der Waals surface area contributed by atoms with Crippen LogP contribution in [-0.2, 0) is 6.54 Å². The van der Waals surface area contributed by atoms with E-state index in [2.05, 4.69) is 9.71 Å². The van der Waals surface area contributed by atoms with Crippen LogP contribution < -0.4 is 10.3 Å². The topological polar surface area (TPSA) is 104 Å². The van der Waals surface area contributed by atoms with Crippen molar-refractivity contribution in [2.24, 2.45) is 4.99 Å². The van der Waals surface area contributed by atoms with Gasteiger partial charge in [0.05, 0.1) is 22.5 Å². The molecular formula is C22H15N3O4S2. The van der Waals surface area contributed by atoms with Gasteiger partial charge in [-0.3, -0.25) is 4.79 Å². The number of carboxylic acid groups (broad SMARTS) is 1. The maximum atomic E-state index is 13.5. The molecule has 0 bridgehead atoms. The largest absolute Gasteiger partial charge is 0.506 e. The number of aromatic carboxylic acids is 1. The van der Waals surface area contributed by atoms with E-state index in [1.54, 1.807) is 22.8 Å². The van der Waals surface area contributed by atoms with Gasteiger partial charge in [0, 0.05) is 10.8 Å². The summed E-state index contributed by atoms with van der Waals surface area (Å²) in [4.78, 5) is 29.9. The van der Waals surface area contributed by atoms with Gasteiger partial charge in [-0.05, 0) is 29.6 Å². The number of pyridine rings is 1. The fraction of sp³-hybridized carbons (Fsp3) is 0.0455. The van der Waals surface area contributed by atoms with Gasteiger partial charge in [-0.2, -0.15) is 0 Å². The highest BCUT2D eigenvalue weighted by Crippen LogP contribution is 2.41. The van der Waals surface area contributed by atoms with Crippen LogP contribution in [0.25, 0.3) is 10.9 Å². The molecule has 0 fully saturated rings. The molecule has 0 atom stereocenters. The van der Waals surface area contributed by atoms with Crippen molar-refractivity contribution >= 4 is 51.0 Å². The predicted molar refractivity (Wildman–Crippen MR) is 122 cm³/mol. The minimum atomic E-state index is -1.04. The first-order valence-corrected chi connectivity index (χ1v) is 11.0. The van der Waals surface area contributed by atoms with Gasteiger partial charge in [-0.15, -0.1) is 11.3 Å². The number of aliphatic imine (C=N–C) groups is 1. The molecule has 3 N–H and O–H groups in total. The van der Waals surface area contributed by atoms with E-state index in [4.69, 9.17) is 0 Å². The minimum absolute atomic E-state index is 0.0538. The Morgan fingerprint density at radius 2 is 1.84 bits per heavy atom. The number of aromatic nitrogens is 1. The fourth-order valence-electron chi connectivity index (χ4n) is 3.52. The van der Waals surface area contributed by atoms with E-state index < -0.39 is 5.97 Å². The number of amidine groups is 1. The third-order valence-corrected chi connectivity index (χ3v) is 6.90. The molecule has 4 aromatic rings. The van der Waals surface area contributed by atoms with E-state index in [1.165, 1.54) is 16.7 Å². The van der Waals surface area contributed by atoms with Gasteiger partial charge in [0.15, 0.2) is 5.84 Å². The normalized spacial score (nSPS) is 12.8. The minimum Gasteiger partial charge on any atom is -0.506 e. The zero-order valence-corrected chi connectivity index (χ0v) is 17.5. The molecule has 3 heterocycles. The predicted octanol–water partition coefficient (Wildman–Crippen LogP) is 4.20. The monoisotopic (exact) mass is 449 g/mol. The Hall–Kier alpha value is -3.56. The summed E-state index contributed by atoms with van der Waals surface area (Å²) in [5.74, 6) is -0.995. The van der Waals surface area contributed by atoms with Crippen LogP contribution in [0.3, 0.4) is 0 Å². The van der Waals surface area contributed by atoms with Gasteiger partial charge in [0.25, 0.3) is 5.56 Å². The number of hydrogen-bond acceptors (Lipinski definition) is 7. The van der Waals surface area contributed by atoms with E-state index in [0.717, 1.165) is 17.5 Å².